The van der Waals surface area contributed by atoms with Gasteiger partial charge in [-0.2, -0.15) is 0 Å². The van der Waals surface area contributed by atoms with Gasteiger partial charge >= 0.3 is 0 Å². The molecule has 0 amide bonds. The fraction of sp³-hybridized carbons (Fsp3) is 0.500. The van der Waals surface area contributed by atoms with Gasteiger partial charge < -0.3 is 34.0 Å². The summed E-state index contributed by atoms with van der Waals surface area (Å²) in [6, 6.07) is 8.87. The maximum atomic E-state index is 2.27. The summed E-state index contributed by atoms with van der Waals surface area (Å²) in [5.74, 6) is 1.50. The Kier molecular flexibility index (Phi) is 11.4. The van der Waals surface area contributed by atoms with Crippen LogP contribution in [0.25, 0.3) is 11.1 Å². The van der Waals surface area contributed by atoms with Gasteiger partial charge in [-0.1, -0.05) is 27.7 Å². The predicted octanol–water partition coefficient (Wildman–Crippen LogP) is -1.97. The molecule has 0 aliphatic heterocycles. The molecule has 2 rings (SSSR count). The lowest BCUT2D eigenvalue weighted by molar-refractivity contribution is -0.698. The van der Waals surface area contributed by atoms with Crippen molar-refractivity contribution >= 4 is 0 Å². The second-order valence-corrected chi connectivity index (χ2v) is 7.01. The first kappa shape index (κ1) is 23.3. The Bertz CT molecular complexity index is 510. The van der Waals surface area contributed by atoms with Gasteiger partial charge in [-0.05, 0) is 23.0 Å². The van der Waals surface area contributed by atoms with Gasteiger partial charge in [0.2, 0.25) is 0 Å². The van der Waals surface area contributed by atoms with E-state index < -0.39 is 0 Å². The lowest BCUT2D eigenvalue weighted by Crippen LogP contribution is -3.00. The number of rotatable bonds is 7. The molecular weight excluding hydrogens is 428 g/mol. The molecule has 4 heteroatoms. The van der Waals surface area contributed by atoms with Crippen molar-refractivity contribution in [2.75, 3.05) is 0 Å². The number of aromatic nitrogens is 2. The molecule has 24 heavy (non-hydrogen) atoms. The fourth-order valence-electron chi connectivity index (χ4n) is 2.41. The van der Waals surface area contributed by atoms with Crippen molar-refractivity contribution in [3.05, 3.63) is 49.1 Å². The second kappa shape index (κ2) is 11.8. The van der Waals surface area contributed by atoms with Crippen LogP contribution in [0.15, 0.2) is 49.1 Å². The third-order valence-electron chi connectivity index (χ3n) is 4.04. The minimum atomic E-state index is 0. The van der Waals surface area contributed by atoms with Crippen molar-refractivity contribution in [1.82, 2.24) is 0 Å². The predicted molar refractivity (Wildman–Crippen MR) is 91.2 cm³/mol. The minimum Gasteiger partial charge on any atom is -1.00 e. The topological polar surface area (TPSA) is 7.76 Å². The second-order valence-electron chi connectivity index (χ2n) is 7.01. The standard InChI is InChI=1S/C20H30N2.2BrH/c1-17(2)5-11-21-13-7-19(8-14-21)20-9-15-22(16-10-20)12-6-18(3)4;;/h7-10,13-18H,5-6,11-12H2,1-4H3;2*1H/q+2;;/p-2. The maximum Gasteiger partial charge on any atom is 0.169 e. The van der Waals surface area contributed by atoms with Crippen LogP contribution >= 0.6 is 0 Å². The molecule has 134 valence electrons. The van der Waals surface area contributed by atoms with Gasteiger partial charge in [-0.3, -0.25) is 0 Å². The van der Waals surface area contributed by atoms with Crippen molar-refractivity contribution in [3.8, 4) is 11.1 Å². The highest BCUT2D eigenvalue weighted by Crippen LogP contribution is 2.15. The molecule has 0 fully saturated rings. The van der Waals surface area contributed by atoms with E-state index in [1.807, 2.05) is 0 Å². The average molecular weight is 458 g/mol. The zero-order valence-electron chi connectivity index (χ0n) is 15.3. The van der Waals surface area contributed by atoms with E-state index in [-0.39, 0.29) is 34.0 Å². The maximum absolute atomic E-state index is 2.27. The summed E-state index contributed by atoms with van der Waals surface area (Å²) in [6.07, 6.45) is 11.2. The monoisotopic (exact) mass is 456 g/mol. The van der Waals surface area contributed by atoms with Crippen LogP contribution in [0.1, 0.15) is 40.5 Å². The van der Waals surface area contributed by atoms with Gasteiger partial charge in [-0.15, -0.1) is 0 Å². The highest BCUT2D eigenvalue weighted by atomic mass is 79.9. The molecule has 0 radical (unpaired) electrons. The summed E-state index contributed by atoms with van der Waals surface area (Å²) in [6.45, 7) is 11.3. The Labute approximate surface area is 168 Å². The number of hydrogen-bond acceptors (Lipinski definition) is 0. The molecule has 0 aliphatic rings. The Morgan fingerprint density at radius 3 is 1.17 bits per heavy atom. The fourth-order valence-corrected chi connectivity index (χ4v) is 2.41. The molecule has 0 spiro atoms. The molecule has 0 unspecified atom stereocenters. The van der Waals surface area contributed by atoms with Crippen LogP contribution in [-0.4, -0.2) is 0 Å². The lowest BCUT2D eigenvalue weighted by Gasteiger charge is -2.04. The molecule has 0 atom stereocenters. The van der Waals surface area contributed by atoms with Crippen LogP contribution in [0.4, 0.5) is 0 Å². The summed E-state index contributed by atoms with van der Waals surface area (Å²) >= 11 is 0. The molecule has 2 aromatic rings. The quantitative estimate of drug-likeness (QED) is 0.426. The van der Waals surface area contributed by atoms with Gasteiger partial charge in [0.15, 0.2) is 24.8 Å². The van der Waals surface area contributed by atoms with E-state index in [9.17, 15) is 0 Å². The largest absolute Gasteiger partial charge is 1.00 e. The van der Waals surface area contributed by atoms with Crippen molar-refractivity contribution < 1.29 is 43.1 Å². The first-order valence-electron chi connectivity index (χ1n) is 8.53. The van der Waals surface area contributed by atoms with Crippen molar-refractivity contribution in [3.63, 3.8) is 0 Å². The van der Waals surface area contributed by atoms with Gasteiger partial charge in [0, 0.05) is 37.1 Å². The molecular formula is C20H30Br2N2. The SMILES string of the molecule is CC(C)CC[n+]1ccc(-c2cc[n+](CCC(C)C)cc2)cc1.[Br-].[Br-]. The first-order valence-corrected chi connectivity index (χ1v) is 8.53. The highest BCUT2D eigenvalue weighted by Gasteiger charge is 2.07. The highest BCUT2D eigenvalue weighted by molar-refractivity contribution is 5.60. The molecule has 2 heterocycles. The van der Waals surface area contributed by atoms with E-state index in [2.05, 4.69) is 85.9 Å². The molecule has 2 nitrogen and oxygen atoms in total. The summed E-state index contributed by atoms with van der Waals surface area (Å²) in [4.78, 5) is 0. The van der Waals surface area contributed by atoms with E-state index in [0.717, 1.165) is 24.9 Å². The van der Waals surface area contributed by atoms with Crippen LogP contribution in [0.2, 0.25) is 0 Å². The molecule has 0 saturated carbocycles. The summed E-state index contributed by atoms with van der Waals surface area (Å²) < 4.78 is 4.55. The Morgan fingerprint density at radius 1 is 0.625 bits per heavy atom. The molecule has 0 N–H and O–H groups in total. The Morgan fingerprint density at radius 2 is 0.917 bits per heavy atom. The van der Waals surface area contributed by atoms with E-state index in [0.29, 0.717) is 0 Å². The Balaban J connectivity index is 0.00000264. The van der Waals surface area contributed by atoms with E-state index in [1.54, 1.807) is 0 Å². The van der Waals surface area contributed by atoms with Gasteiger partial charge in [0.25, 0.3) is 0 Å². The molecule has 0 saturated heterocycles. The number of aryl methyl sites for hydroxylation is 2. The number of nitrogens with zero attached hydrogens (tertiary/aromatic N) is 2. The normalized spacial score (nSPS) is 10.4. The third kappa shape index (κ3) is 7.89. The van der Waals surface area contributed by atoms with Gasteiger partial charge in [0.05, 0.1) is 0 Å². The summed E-state index contributed by atoms with van der Waals surface area (Å²) in [5, 5.41) is 0. The number of pyridine rings is 2. The number of halogens is 2. The van der Waals surface area contributed by atoms with Crippen LogP contribution in [-0.2, 0) is 13.1 Å². The van der Waals surface area contributed by atoms with E-state index in [1.165, 1.54) is 24.0 Å². The molecule has 0 aliphatic carbocycles. The average Bonchev–Trinajstić information content (AvgIpc) is 2.52. The summed E-state index contributed by atoms with van der Waals surface area (Å²) in [5.41, 5.74) is 2.58. The van der Waals surface area contributed by atoms with Crippen LogP contribution in [0.5, 0.6) is 0 Å². The van der Waals surface area contributed by atoms with E-state index >= 15 is 0 Å². The van der Waals surface area contributed by atoms with Gasteiger partial charge in [-0.25, -0.2) is 9.13 Å². The molecule has 2 aromatic heterocycles. The zero-order valence-corrected chi connectivity index (χ0v) is 18.4. The minimum absolute atomic E-state index is 0. The van der Waals surface area contributed by atoms with Crippen LogP contribution in [0.3, 0.4) is 0 Å². The molecule has 0 aromatic carbocycles. The third-order valence-corrected chi connectivity index (χ3v) is 4.04. The van der Waals surface area contributed by atoms with Crippen LogP contribution < -0.4 is 43.1 Å². The smallest absolute Gasteiger partial charge is 0.169 e. The summed E-state index contributed by atoms with van der Waals surface area (Å²) in [7, 11) is 0. The van der Waals surface area contributed by atoms with Crippen LogP contribution in [0, 0.1) is 11.8 Å². The van der Waals surface area contributed by atoms with Crippen molar-refractivity contribution in [2.45, 2.75) is 53.6 Å². The Hall–Kier alpha value is -0.740. The first-order chi connectivity index (χ1) is 10.5. The number of hydrogen-bond donors (Lipinski definition) is 0. The lowest BCUT2D eigenvalue weighted by atomic mass is 10.1. The van der Waals surface area contributed by atoms with Gasteiger partial charge in [0.1, 0.15) is 13.1 Å². The zero-order chi connectivity index (χ0) is 15.9. The van der Waals surface area contributed by atoms with Crippen molar-refractivity contribution in [2.24, 2.45) is 11.8 Å². The van der Waals surface area contributed by atoms with E-state index in [4.69, 9.17) is 0 Å². The molecule has 0 bridgehead atoms. The van der Waals surface area contributed by atoms with Crippen molar-refractivity contribution in [1.29, 1.82) is 0 Å².